The Kier molecular flexibility index (Phi) is 3.71. The number of aryl methyl sites for hydroxylation is 1. The van der Waals surface area contributed by atoms with Gasteiger partial charge in [0.2, 0.25) is 0 Å². The summed E-state index contributed by atoms with van der Waals surface area (Å²) in [5.41, 5.74) is -2.72. The number of aliphatic hydroxyl groups is 1. The lowest BCUT2D eigenvalue weighted by Crippen LogP contribution is -2.37. The molecule has 0 amide bonds. The van der Waals surface area contributed by atoms with Gasteiger partial charge >= 0.3 is 12.1 Å². The highest BCUT2D eigenvalue weighted by Crippen LogP contribution is 2.32. The van der Waals surface area contributed by atoms with E-state index in [0.717, 1.165) is 13.0 Å². The summed E-state index contributed by atoms with van der Waals surface area (Å²) in [5.74, 6) is -1.48. The van der Waals surface area contributed by atoms with Crippen molar-refractivity contribution in [2.75, 3.05) is 0 Å². The Morgan fingerprint density at radius 1 is 1.33 bits per heavy atom. The van der Waals surface area contributed by atoms with Gasteiger partial charge in [-0.2, -0.15) is 13.2 Å². The predicted octanol–water partition coefficient (Wildman–Crippen LogP) is 2.39. The summed E-state index contributed by atoms with van der Waals surface area (Å²) in [6.45, 7) is 2.37. The molecule has 100 valence electrons. The van der Waals surface area contributed by atoms with Gasteiger partial charge in [-0.15, -0.1) is 0 Å². The summed E-state index contributed by atoms with van der Waals surface area (Å²) in [7, 11) is 0. The first-order valence-electron chi connectivity index (χ1n) is 5.16. The highest BCUT2D eigenvalue weighted by atomic mass is 19.4. The van der Waals surface area contributed by atoms with Gasteiger partial charge in [-0.05, 0) is 31.0 Å². The molecule has 0 saturated heterocycles. The van der Waals surface area contributed by atoms with E-state index in [1.54, 1.807) is 0 Å². The molecule has 0 saturated carbocycles. The lowest BCUT2D eigenvalue weighted by Gasteiger charge is -2.19. The van der Waals surface area contributed by atoms with Crippen LogP contribution >= 0.6 is 0 Å². The van der Waals surface area contributed by atoms with Crippen molar-refractivity contribution in [1.29, 1.82) is 0 Å². The van der Waals surface area contributed by atoms with Gasteiger partial charge in [-0.3, -0.25) is 0 Å². The van der Waals surface area contributed by atoms with Crippen molar-refractivity contribution < 1.29 is 28.2 Å². The zero-order valence-electron chi connectivity index (χ0n) is 9.88. The van der Waals surface area contributed by atoms with Crippen LogP contribution in [0.3, 0.4) is 0 Å². The van der Waals surface area contributed by atoms with Gasteiger partial charge in [0.25, 0.3) is 0 Å². The van der Waals surface area contributed by atoms with Crippen LogP contribution in [0.4, 0.5) is 13.2 Å². The number of carboxylic acid groups (broad SMARTS) is 1. The second-order valence-electron chi connectivity index (χ2n) is 4.40. The number of alkyl halides is 3. The summed E-state index contributed by atoms with van der Waals surface area (Å²) in [6, 6.07) is 3.50. The van der Waals surface area contributed by atoms with Crippen LogP contribution in [-0.4, -0.2) is 21.8 Å². The summed E-state index contributed by atoms with van der Waals surface area (Å²) in [4.78, 5) is 10.7. The number of hydrogen-bond donors (Lipinski definition) is 2. The summed E-state index contributed by atoms with van der Waals surface area (Å²) in [5, 5.41) is 18.2. The average Bonchev–Trinajstić information content (AvgIpc) is 2.18. The smallest absolute Gasteiger partial charge is 0.416 e. The van der Waals surface area contributed by atoms with Crippen LogP contribution in [0.1, 0.15) is 23.6 Å². The maximum Gasteiger partial charge on any atom is 0.416 e. The maximum atomic E-state index is 12.6. The van der Waals surface area contributed by atoms with Gasteiger partial charge in [0.15, 0.2) is 5.60 Å². The number of carbonyl (C=O) groups is 1. The summed E-state index contributed by atoms with van der Waals surface area (Å²) < 4.78 is 37.9. The molecule has 0 aliphatic rings. The molecule has 18 heavy (non-hydrogen) atoms. The van der Waals surface area contributed by atoms with E-state index in [4.69, 9.17) is 5.11 Å². The molecular formula is C12H13F3O3. The van der Waals surface area contributed by atoms with Crippen LogP contribution < -0.4 is 0 Å². The Morgan fingerprint density at radius 3 is 2.33 bits per heavy atom. The highest BCUT2D eigenvalue weighted by Gasteiger charge is 2.34. The van der Waals surface area contributed by atoms with Crippen molar-refractivity contribution in [2.45, 2.75) is 32.0 Å². The number of carboxylic acids is 1. The van der Waals surface area contributed by atoms with Gasteiger partial charge in [0.05, 0.1) is 5.56 Å². The van der Waals surface area contributed by atoms with Gasteiger partial charge in [-0.1, -0.05) is 12.1 Å². The average molecular weight is 262 g/mol. The fourth-order valence-corrected chi connectivity index (χ4v) is 1.56. The van der Waals surface area contributed by atoms with E-state index in [2.05, 4.69) is 0 Å². The van der Waals surface area contributed by atoms with E-state index in [-0.39, 0.29) is 17.5 Å². The van der Waals surface area contributed by atoms with Crippen molar-refractivity contribution in [2.24, 2.45) is 0 Å². The molecule has 0 fully saturated rings. The molecule has 0 bridgehead atoms. The van der Waals surface area contributed by atoms with Gasteiger partial charge < -0.3 is 10.2 Å². The number of aliphatic carboxylic acids is 1. The minimum absolute atomic E-state index is 0.0567. The first kappa shape index (κ1) is 14.5. The van der Waals surface area contributed by atoms with Crippen molar-refractivity contribution in [3.63, 3.8) is 0 Å². The topological polar surface area (TPSA) is 57.5 Å². The van der Waals surface area contributed by atoms with E-state index >= 15 is 0 Å². The molecule has 2 N–H and O–H groups in total. The van der Waals surface area contributed by atoms with E-state index in [9.17, 15) is 23.1 Å². The van der Waals surface area contributed by atoms with Crippen LogP contribution in [0.25, 0.3) is 0 Å². The van der Waals surface area contributed by atoms with Crippen LogP contribution in [0.5, 0.6) is 0 Å². The molecule has 1 aromatic rings. The molecule has 0 aliphatic heterocycles. The molecule has 0 radical (unpaired) electrons. The van der Waals surface area contributed by atoms with Gasteiger partial charge in [-0.25, -0.2) is 4.79 Å². The first-order chi connectivity index (χ1) is 8.04. The molecule has 0 aliphatic carbocycles. The Morgan fingerprint density at radius 2 is 1.89 bits per heavy atom. The van der Waals surface area contributed by atoms with Crippen molar-refractivity contribution >= 4 is 5.97 Å². The fourth-order valence-electron chi connectivity index (χ4n) is 1.56. The molecule has 0 heterocycles. The first-order valence-corrected chi connectivity index (χ1v) is 5.16. The van der Waals surface area contributed by atoms with Gasteiger partial charge in [0.1, 0.15) is 0 Å². The van der Waals surface area contributed by atoms with Crippen LogP contribution in [0.2, 0.25) is 0 Å². The molecular weight excluding hydrogens is 249 g/mol. The van der Waals surface area contributed by atoms with E-state index < -0.39 is 23.3 Å². The van der Waals surface area contributed by atoms with Crippen LogP contribution in [-0.2, 0) is 17.4 Å². The maximum absolute atomic E-state index is 12.6. The monoisotopic (exact) mass is 262 g/mol. The largest absolute Gasteiger partial charge is 0.479 e. The third-order valence-electron chi connectivity index (χ3n) is 2.62. The third-order valence-corrected chi connectivity index (χ3v) is 2.62. The molecule has 0 spiro atoms. The normalized spacial score (nSPS) is 15.2. The minimum atomic E-state index is -4.49. The highest BCUT2D eigenvalue weighted by molar-refractivity contribution is 5.77. The second-order valence-corrected chi connectivity index (χ2v) is 4.40. The molecule has 0 aromatic heterocycles. The lowest BCUT2D eigenvalue weighted by molar-refractivity contribution is -0.156. The molecule has 3 nitrogen and oxygen atoms in total. The van der Waals surface area contributed by atoms with Crippen molar-refractivity contribution in [3.05, 3.63) is 34.9 Å². The van der Waals surface area contributed by atoms with Crippen molar-refractivity contribution in [3.8, 4) is 0 Å². The summed E-state index contributed by atoms with van der Waals surface area (Å²) in [6.07, 6.45) is -4.87. The Balaban J connectivity index is 3.11. The Bertz CT molecular complexity index is 464. The molecule has 6 heteroatoms. The predicted molar refractivity (Wildman–Crippen MR) is 58.1 cm³/mol. The Hall–Kier alpha value is -1.56. The Labute approximate surface area is 102 Å². The quantitative estimate of drug-likeness (QED) is 0.879. The minimum Gasteiger partial charge on any atom is -0.479 e. The second kappa shape index (κ2) is 4.61. The van der Waals surface area contributed by atoms with E-state index in [1.165, 1.54) is 19.1 Å². The number of hydrogen-bond acceptors (Lipinski definition) is 2. The molecule has 1 rings (SSSR count). The van der Waals surface area contributed by atoms with Crippen molar-refractivity contribution in [1.82, 2.24) is 0 Å². The summed E-state index contributed by atoms with van der Waals surface area (Å²) >= 11 is 0. The molecule has 1 atom stereocenters. The standard InChI is InChI=1S/C12H13F3O3/c1-7-3-4-8(5-9(7)12(13,14)15)6-11(2,18)10(16)17/h3-5,18H,6H2,1-2H3,(H,16,17). The van der Waals surface area contributed by atoms with E-state index in [1.807, 2.05) is 0 Å². The number of halogens is 3. The third kappa shape index (κ3) is 3.22. The zero-order chi connectivity index (χ0) is 14.1. The SMILES string of the molecule is Cc1ccc(CC(C)(O)C(=O)O)cc1C(F)(F)F. The molecule has 1 unspecified atom stereocenters. The fraction of sp³-hybridized carbons (Fsp3) is 0.417. The number of rotatable bonds is 3. The van der Waals surface area contributed by atoms with Crippen LogP contribution in [0, 0.1) is 6.92 Å². The van der Waals surface area contributed by atoms with E-state index in [0.29, 0.717) is 0 Å². The lowest BCUT2D eigenvalue weighted by atomic mass is 9.94. The number of benzene rings is 1. The van der Waals surface area contributed by atoms with Crippen LogP contribution in [0.15, 0.2) is 18.2 Å². The molecule has 1 aromatic carbocycles. The van der Waals surface area contributed by atoms with Gasteiger partial charge in [0, 0.05) is 6.42 Å². The zero-order valence-corrected chi connectivity index (χ0v) is 9.88.